The summed E-state index contributed by atoms with van der Waals surface area (Å²) in [4.78, 5) is 34.0. The molecule has 1 aromatic carbocycles. The molecule has 1 amide bonds. The first-order valence-electron chi connectivity index (χ1n) is 7.15. The molecule has 0 atom stereocenters. The third-order valence-electron chi connectivity index (χ3n) is 3.38. The molecule has 0 unspecified atom stereocenters. The third kappa shape index (κ3) is 3.37. The Morgan fingerprint density at radius 1 is 1.30 bits per heavy atom. The molecule has 0 fully saturated rings. The SMILES string of the molecule is Nc1nc2c(ncn2CCNC(=O)Cc2ccccc2)c(=O)[nH]1. The van der Waals surface area contributed by atoms with Crippen molar-refractivity contribution in [2.75, 3.05) is 12.3 Å². The van der Waals surface area contributed by atoms with Gasteiger partial charge >= 0.3 is 0 Å². The van der Waals surface area contributed by atoms with Gasteiger partial charge in [-0.2, -0.15) is 4.98 Å². The first-order valence-corrected chi connectivity index (χ1v) is 7.15. The number of rotatable bonds is 5. The molecule has 0 aliphatic carbocycles. The van der Waals surface area contributed by atoms with E-state index in [1.807, 2.05) is 30.3 Å². The maximum absolute atomic E-state index is 11.9. The van der Waals surface area contributed by atoms with Crippen LogP contribution >= 0.6 is 0 Å². The summed E-state index contributed by atoms with van der Waals surface area (Å²) < 4.78 is 1.68. The van der Waals surface area contributed by atoms with Crippen molar-refractivity contribution in [2.45, 2.75) is 13.0 Å². The van der Waals surface area contributed by atoms with Gasteiger partial charge in [-0.1, -0.05) is 30.3 Å². The number of amides is 1. The zero-order valence-electron chi connectivity index (χ0n) is 12.3. The Morgan fingerprint density at radius 2 is 2.09 bits per heavy atom. The smallest absolute Gasteiger partial charge is 0.280 e. The molecule has 3 rings (SSSR count). The fraction of sp³-hybridized carbons (Fsp3) is 0.200. The highest BCUT2D eigenvalue weighted by Gasteiger charge is 2.09. The second-order valence-electron chi connectivity index (χ2n) is 5.07. The van der Waals surface area contributed by atoms with Crippen LogP contribution in [0.25, 0.3) is 11.2 Å². The average molecular weight is 312 g/mol. The number of H-pyrrole nitrogens is 1. The molecule has 8 nitrogen and oxygen atoms in total. The lowest BCUT2D eigenvalue weighted by Crippen LogP contribution is -2.28. The molecule has 2 aromatic heterocycles. The molecule has 4 N–H and O–H groups in total. The fourth-order valence-electron chi connectivity index (χ4n) is 2.29. The van der Waals surface area contributed by atoms with Crippen LogP contribution in [0.5, 0.6) is 0 Å². The van der Waals surface area contributed by atoms with Crippen molar-refractivity contribution in [2.24, 2.45) is 0 Å². The second-order valence-corrected chi connectivity index (χ2v) is 5.07. The summed E-state index contributed by atoms with van der Waals surface area (Å²) in [5, 5.41) is 2.83. The van der Waals surface area contributed by atoms with E-state index in [9.17, 15) is 9.59 Å². The number of hydrogen-bond donors (Lipinski definition) is 3. The zero-order chi connectivity index (χ0) is 16.2. The number of carbonyl (C=O) groups excluding carboxylic acids is 1. The molecule has 0 spiro atoms. The minimum Gasteiger partial charge on any atom is -0.369 e. The molecule has 8 heteroatoms. The third-order valence-corrected chi connectivity index (χ3v) is 3.38. The van der Waals surface area contributed by atoms with Crippen LogP contribution in [-0.4, -0.2) is 32.0 Å². The Kier molecular flexibility index (Phi) is 4.05. The number of fused-ring (bicyclic) bond motifs is 1. The van der Waals surface area contributed by atoms with E-state index in [0.29, 0.717) is 25.2 Å². The van der Waals surface area contributed by atoms with Gasteiger partial charge in [0.15, 0.2) is 11.2 Å². The molecule has 0 bridgehead atoms. The fourth-order valence-corrected chi connectivity index (χ4v) is 2.29. The van der Waals surface area contributed by atoms with Crippen molar-refractivity contribution in [3.8, 4) is 0 Å². The number of nitrogens with one attached hydrogen (secondary N) is 2. The summed E-state index contributed by atoms with van der Waals surface area (Å²) in [6, 6.07) is 9.51. The molecule has 0 radical (unpaired) electrons. The summed E-state index contributed by atoms with van der Waals surface area (Å²) in [5.41, 5.74) is 6.76. The molecule has 0 aliphatic heterocycles. The van der Waals surface area contributed by atoms with Gasteiger partial charge in [-0.05, 0) is 5.56 Å². The number of benzene rings is 1. The molecule has 0 saturated carbocycles. The quantitative estimate of drug-likeness (QED) is 0.615. The van der Waals surface area contributed by atoms with Gasteiger partial charge in [0.05, 0.1) is 12.7 Å². The second kappa shape index (κ2) is 6.30. The van der Waals surface area contributed by atoms with Crippen LogP contribution in [0, 0.1) is 0 Å². The van der Waals surface area contributed by atoms with Gasteiger partial charge < -0.3 is 15.6 Å². The van der Waals surface area contributed by atoms with Crippen molar-refractivity contribution in [3.05, 3.63) is 52.6 Å². The first kappa shape index (κ1) is 14.8. The highest BCUT2D eigenvalue weighted by atomic mass is 16.1. The van der Waals surface area contributed by atoms with Gasteiger partial charge in [0, 0.05) is 13.1 Å². The zero-order valence-corrected chi connectivity index (χ0v) is 12.3. The Morgan fingerprint density at radius 3 is 2.87 bits per heavy atom. The maximum Gasteiger partial charge on any atom is 0.280 e. The minimum absolute atomic E-state index is 0.0392. The largest absolute Gasteiger partial charge is 0.369 e. The lowest BCUT2D eigenvalue weighted by Gasteiger charge is -2.07. The van der Waals surface area contributed by atoms with E-state index in [1.165, 1.54) is 6.33 Å². The van der Waals surface area contributed by atoms with E-state index in [2.05, 4.69) is 20.3 Å². The monoisotopic (exact) mass is 312 g/mol. The van der Waals surface area contributed by atoms with Crippen LogP contribution in [0.1, 0.15) is 5.56 Å². The number of imidazole rings is 1. The van der Waals surface area contributed by atoms with Gasteiger partial charge in [-0.15, -0.1) is 0 Å². The number of aromatic amines is 1. The van der Waals surface area contributed by atoms with Crippen molar-refractivity contribution in [1.82, 2.24) is 24.8 Å². The normalized spacial score (nSPS) is 10.8. The minimum atomic E-state index is -0.376. The number of hydrogen-bond acceptors (Lipinski definition) is 5. The standard InChI is InChI=1S/C15H16N6O2/c16-15-19-13-12(14(23)20-15)18-9-21(13)7-6-17-11(22)8-10-4-2-1-3-5-10/h1-5,9H,6-8H2,(H,17,22)(H3,16,19,20,23). The Bertz CT molecular complexity index is 884. The number of nitrogen functional groups attached to an aromatic ring is 1. The predicted octanol–water partition coefficient (Wildman–Crippen LogP) is 0.0607. The van der Waals surface area contributed by atoms with Gasteiger partial charge in [-0.25, -0.2) is 4.98 Å². The molecular formula is C15H16N6O2. The van der Waals surface area contributed by atoms with Crippen molar-refractivity contribution < 1.29 is 4.79 Å². The highest BCUT2D eigenvalue weighted by Crippen LogP contribution is 2.05. The van der Waals surface area contributed by atoms with Crippen LogP contribution in [-0.2, 0) is 17.8 Å². The lowest BCUT2D eigenvalue weighted by atomic mass is 10.1. The Labute approximate surface area is 131 Å². The topological polar surface area (TPSA) is 119 Å². The lowest BCUT2D eigenvalue weighted by molar-refractivity contribution is -0.120. The van der Waals surface area contributed by atoms with Crippen LogP contribution < -0.4 is 16.6 Å². The predicted molar refractivity (Wildman–Crippen MR) is 85.7 cm³/mol. The average Bonchev–Trinajstić information content (AvgIpc) is 2.92. The number of aromatic nitrogens is 4. The van der Waals surface area contributed by atoms with Crippen LogP contribution in [0.2, 0.25) is 0 Å². The van der Waals surface area contributed by atoms with E-state index >= 15 is 0 Å². The van der Waals surface area contributed by atoms with Gasteiger partial charge in [0.25, 0.3) is 5.56 Å². The van der Waals surface area contributed by atoms with Gasteiger partial charge in [0.2, 0.25) is 11.9 Å². The molecule has 0 aliphatic rings. The number of carbonyl (C=O) groups is 1. The van der Waals surface area contributed by atoms with Gasteiger partial charge in [0.1, 0.15) is 0 Å². The van der Waals surface area contributed by atoms with E-state index in [1.54, 1.807) is 4.57 Å². The molecule has 2 heterocycles. The molecule has 0 saturated heterocycles. The van der Waals surface area contributed by atoms with Crippen molar-refractivity contribution >= 4 is 23.0 Å². The van der Waals surface area contributed by atoms with E-state index in [4.69, 9.17) is 5.73 Å². The molecule has 3 aromatic rings. The van der Waals surface area contributed by atoms with E-state index in [0.717, 1.165) is 5.56 Å². The molecular weight excluding hydrogens is 296 g/mol. The Balaban J connectivity index is 1.61. The number of nitrogens with two attached hydrogens (primary N) is 1. The van der Waals surface area contributed by atoms with Crippen LogP contribution in [0.15, 0.2) is 41.5 Å². The molecule has 23 heavy (non-hydrogen) atoms. The van der Waals surface area contributed by atoms with Crippen LogP contribution in [0.4, 0.5) is 5.95 Å². The van der Waals surface area contributed by atoms with Crippen LogP contribution in [0.3, 0.4) is 0 Å². The van der Waals surface area contributed by atoms with Crippen molar-refractivity contribution in [3.63, 3.8) is 0 Å². The summed E-state index contributed by atoms with van der Waals surface area (Å²) >= 11 is 0. The number of anilines is 1. The summed E-state index contributed by atoms with van der Waals surface area (Å²) in [6.07, 6.45) is 1.84. The van der Waals surface area contributed by atoms with Crippen molar-refractivity contribution in [1.29, 1.82) is 0 Å². The highest BCUT2D eigenvalue weighted by molar-refractivity contribution is 5.78. The Hall–Kier alpha value is -3.16. The van der Waals surface area contributed by atoms with E-state index < -0.39 is 0 Å². The van der Waals surface area contributed by atoms with E-state index in [-0.39, 0.29) is 22.9 Å². The summed E-state index contributed by atoms with van der Waals surface area (Å²) in [6.45, 7) is 0.860. The number of nitrogens with zero attached hydrogens (tertiary/aromatic N) is 3. The van der Waals surface area contributed by atoms with Gasteiger partial charge in [-0.3, -0.25) is 14.6 Å². The maximum atomic E-state index is 11.9. The molecule has 118 valence electrons. The first-order chi connectivity index (χ1) is 11.1. The summed E-state index contributed by atoms with van der Waals surface area (Å²) in [5.74, 6) is -0.0247. The summed E-state index contributed by atoms with van der Waals surface area (Å²) in [7, 11) is 0.